The van der Waals surface area contributed by atoms with Crippen LogP contribution in [0, 0.1) is 0 Å². The molecule has 0 aliphatic rings. The molecule has 0 atom stereocenters. The molecule has 9 heteroatoms. The summed E-state index contributed by atoms with van der Waals surface area (Å²) in [5, 5.41) is 18.7. The number of urea groups is 1. The Labute approximate surface area is 105 Å². The molecule has 7 nitrogen and oxygen atoms in total. The minimum Gasteiger partial charge on any atom is -0.365 e. The first-order valence-electron chi connectivity index (χ1n) is 4.71. The lowest BCUT2D eigenvalue weighted by atomic mass is 10.5. The standard InChI is InChI=1S/C8H10N6OS2/c1-9-7-12-5(3-16-7)2-10-6(15)13-8-14-11-4-17-8/h3-4H,2H2,1H3,(H,9,12)(H2,10,13,14,15). The van der Waals surface area contributed by atoms with Crippen molar-refractivity contribution in [3.05, 3.63) is 16.6 Å². The first kappa shape index (κ1) is 11.7. The van der Waals surface area contributed by atoms with E-state index in [4.69, 9.17) is 0 Å². The number of anilines is 2. The summed E-state index contributed by atoms with van der Waals surface area (Å²) in [6.07, 6.45) is 0. The molecule has 0 saturated heterocycles. The molecule has 2 heterocycles. The highest BCUT2D eigenvalue weighted by atomic mass is 32.1. The molecule has 3 N–H and O–H groups in total. The molecule has 2 aromatic heterocycles. The lowest BCUT2D eigenvalue weighted by molar-refractivity contribution is 0.251. The van der Waals surface area contributed by atoms with Gasteiger partial charge in [0.2, 0.25) is 5.13 Å². The van der Waals surface area contributed by atoms with E-state index in [1.165, 1.54) is 22.7 Å². The molecule has 0 fully saturated rings. The molecular weight excluding hydrogens is 260 g/mol. The summed E-state index contributed by atoms with van der Waals surface area (Å²) in [5.41, 5.74) is 2.36. The lowest BCUT2D eigenvalue weighted by Crippen LogP contribution is -2.28. The van der Waals surface area contributed by atoms with Gasteiger partial charge in [0.15, 0.2) is 5.13 Å². The SMILES string of the molecule is CNc1nc(CNC(=O)Nc2nncs2)cs1. The summed E-state index contributed by atoms with van der Waals surface area (Å²) in [6.45, 7) is 0.378. The predicted molar refractivity (Wildman–Crippen MR) is 67.4 cm³/mol. The molecular formula is C8H10N6OS2. The van der Waals surface area contributed by atoms with Crippen LogP contribution in [0.3, 0.4) is 0 Å². The second-order valence-corrected chi connectivity index (χ2v) is 4.64. The number of hydrogen-bond acceptors (Lipinski definition) is 7. The molecule has 0 aromatic carbocycles. The molecule has 2 aromatic rings. The molecule has 0 aliphatic carbocycles. The number of aromatic nitrogens is 3. The van der Waals surface area contributed by atoms with Crippen LogP contribution in [0.2, 0.25) is 0 Å². The fraction of sp³-hybridized carbons (Fsp3) is 0.250. The van der Waals surface area contributed by atoms with E-state index in [1.54, 1.807) is 12.6 Å². The van der Waals surface area contributed by atoms with E-state index in [0.717, 1.165) is 10.8 Å². The maximum Gasteiger partial charge on any atom is 0.321 e. The number of rotatable bonds is 4. The molecule has 17 heavy (non-hydrogen) atoms. The molecule has 90 valence electrons. The highest BCUT2D eigenvalue weighted by molar-refractivity contribution is 7.13. The van der Waals surface area contributed by atoms with Gasteiger partial charge in [0.05, 0.1) is 12.2 Å². The minimum atomic E-state index is -0.319. The van der Waals surface area contributed by atoms with E-state index in [-0.39, 0.29) is 6.03 Å². The molecule has 0 spiro atoms. The van der Waals surface area contributed by atoms with Crippen molar-refractivity contribution in [2.24, 2.45) is 0 Å². The number of hydrogen-bond donors (Lipinski definition) is 3. The van der Waals surface area contributed by atoms with Crippen molar-refractivity contribution in [2.45, 2.75) is 6.54 Å². The summed E-state index contributed by atoms with van der Waals surface area (Å²) in [6, 6.07) is -0.319. The number of carbonyl (C=O) groups excluding carboxylic acids is 1. The van der Waals surface area contributed by atoms with Gasteiger partial charge in [0.1, 0.15) is 5.51 Å². The fourth-order valence-electron chi connectivity index (χ4n) is 1.04. The van der Waals surface area contributed by atoms with Crippen molar-refractivity contribution in [1.29, 1.82) is 0 Å². The van der Waals surface area contributed by atoms with Gasteiger partial charge in [0, 0.05) is 12.4 Å². The largest absolute Gasteiger partial charge is 0.365 e. The number of amides is 2. The monoisotopic (exact) mass is 270 g/mol. The Bertz CT molecular complexity index is 482. The van der Waals surface area contributed by atoms with E-state index >= 15 is 0 Å². The van der Waals surface area contributed by atoms with Crippen LogP contribution in [0.1, 0.15) is 5.69 Å². The number of thiazole rings is 1. The van der Waals surface area contributed by atoms with E-state index in [1.807, 2.05) is 5.38 Å². The highest BCUT2D eigenvalue weighted by Crippen LogP contribution is 2.14. The van der Waals surface area contributed by atoms with Crippen LogP contribution >= 0.6 is 22.7 Å². The van der Waals surface area contributed by atoms with Gasteiger partial charge in [-0.3, -0.25) is 5.32 Å². The van der Waals surface area contributed by atoms with Crippen LogP contribution in [-0.2, 0) is 6.54 Å². The Kier molecular flexibility index (Phi) is 3.83. The zero-order valence-corrected chi connectivity index (χ0v) is 10.6. The highest BCUT2D eigenvalue weighted by Gasteiger charge is 2.05. The van der Waals surface area contributed by atoms with Gasteiger partial charge in [-0.2, -0.15) is 0 Å². The first-order chi connectivity index (χ1) is 8.28. The maximum atomic E-state index is 11.4. The van der Waals surface area contributed by atoms with Gasteiger partial charge >= 0.3 is 6.03 Å². The third kappa shape index (κ3) is 3.36. The number of nitrogens with zero attached hydrogens (tertiary/aromatic N) is 3. The Morgan fingerprint density at radius 2 is 2.29 bits per heavy atom. The van der Waals surface area contributed by atoms with Gasteiger partial charge in [-0.15, -0.1) is 21.5 Å². The zero-order chi connectivity index (χ0) is 12.1. The summed E-state index contributed by atoms with van der Waals surface area (Å²) >= 11 is 2.76. The van der Waals surface area contributed by atoms with Crippen molar-refractivity contribution < 1.29 is 4.79 Å². The van der Waals surface area contributed by atoms with Crippen LogP contribution in [0.5, 0.6) is 0 Å². The Morgan fingerprint density at radius 3 is 2.94 bits per heavy atom. The van der Waals surface area contributed by atoms with Crippen LogP contribution in [0.4, 0.5) is 15.1 Å². The number of carbonyl (C=O) groups is 1. The van der Waals surface area contributed by atoms with Crippen LogP contribution in [0.25, 0.3) is 0 Å². The normalized spacial score (nSPS) is 9.94. The second kappa shape index (κ2) is 5.55. The van der Waals surface area contributed by atoms with Crippen LogP contribution in [0.15, 0.2) is 10.9 Å². The zero-order valence-electron chi connectivity index (χ0n) is 8.93. The van der Waals surface area contributed by atoms with Crippen molar-refractivity contribution in [3.8, 4) is 0 Å². The topological polar surface area (TPSA) is 91.8 Å². The van der Waals surface area contributed by atoms with E-state index in [9.17, 15) is 4.79 Å². The third-order valence-corrected chi connectivity index (χ3v) is 3.29. The molecule has 0 unspecified atom stereocenters. The fourth-order valence-corrected chi connectivity index (χ4v) is 2.15. The quantitative estimate of drug-likeness (QED) is 0.780. The maximum absolute atomic E-state index is 11.4. The lowest BCUT2D eigenvalue weighted by Gasteiger charge is -2.02. The first-order valence-corrected chi connectivity index (χ1v) is 6.47. The smallest absolute Gasteiger partial charge is 0.321 e. The molecule has 0 saturated carbocycles. The summed E-state index contributed by atoms with van der Waals surface area (Å²) in [5.74, 6) is 0. The van der Waals surface area contributed by atoms with Crippen molar-refractivity contribution in [1.82, 2.24) is 20.5 Å². The Hall–Kier alpha value is -1.74. The van der Waals surface area contributed by atoms with Crippen molar-refractivity contribution >= 4 is 39.0 Å². The van der Waals surface area contributed by atoms with Crippen molar-refractivity contribution in [3.63, 3.8) is 0 Å². The van der Waals surface area contributed by atoms with E-state index in [2.05, 4.69) is 31.1 Å². The molecule has 0 aliphatic heterocycles. The van der Waals surface area contributed by atoms with Gasteiger partial charge in [-0.1, -0.05) is 11.3 Å². The summed E-state index contributed by atoms with van der Waals surface area (Å²) < 4.78 is 0. The number of nitrogens with one attached hydrogen (secondary N) is 3. The Morgan fingerprint density at radius 1 is 1.41 bits per heavy atom. The molecule has 0 radical (unpaired) electrons. The van der Waals surface area contributed by atoms with Crippen LogP contribution < -0.4 is 16.0 Å². The average Bonchev–Trinajstić information content (AvgIpc) is 2.96. The predicted octanol–water partition coefficient (Wildman–Crippen LogP) is 1.36. The van der Waals surface area contributed by atoms with Gasteiger partial charge in [-0.05, 0) is 0 Å². The third-order valence-electron chi connectivity index (χ3n) is 1.78. The second-order valence-electron chi connectivity index (χ2n) is 2.95. The molecule has 0 bridgehead atoms. The summed E-state index contributed by atoms with van der Waals surface area (Å²) in [4.78, 5) is 15.7. The average molecular weight is 270 g/mol. The van der Waals surface area contributed by atoms with Crippen molar-refractivity contribution in [2.75, 3.05) is 17.7 Å². The molecule has 2 rings (SSSR count). The minimum absolute atomic E-state index is 0.319. The van der Waals surface area contributed by atoms with Gasteiger partial charge in [-0.25, -0.2) is 9.78 Å². The molecule has 2 amide bonds. The summed E-state index contributed by atoms with van der Waals surface area (Å²) in [7, 11) is 1.80. The van der Waals surface area contributed by atoms with Crippen LogP contribution in [-0.4, -0.2) is 28.3 Å². The van der Waals surface area contributed by atoms with E-state index in [0.29, 0.717) is 11.7 Å². The van der Waals surface area contributed by atoms with E-state index < -0.39 is 0 Å². The van der Waals surface area contributed by atoms with Gasteiger partial charge < -0.3 is 10.6 Å². The Balaban J connectivity index is 1.79. The van der Waals surface area contributed by atoms with Gasteiger partial charge in [0.25, 0.3) is 0 Å².